The van der Waals surface area contributed by atoms with Gasteiger partial charge in [0.25, 0.3) is 0 Å². The number of amides is 1. The fourth-order valence-electron chi connectivity index (χ4n) is 2.38. The number of carbonyl (C=O) groups is 1. The molecule has 29 heavy (non-hydrogen) atoms. The molecule has 2 aromatic carbocycles. The van der Waals surface area contributed by atoms with Crippen LogP contribution in [-0.2, 0) is 4.79 Å². The number of halogens is 3. The van der Waals surface area contributed by atoms with Gasteiger partial charge in [-0.2, -0.15) is 13.2 Å². The molecule has 0 saturated heterocycles. The van der Waals surface area contributed by atoms with E-state index in [0.717, 1.165) is 0 Å². The van der Waals surface area contributed by atoms with Crippen LogP contribution in [-0.4, -0.2) is 38.4 Å². The normalized spacial score (nSPS) is 10.9. The van der Waals surface area contributed by atoms with Crippen LogP contribution in [0.4, 0.5) is 24.5 Å². The summed E-state index contributed by atoms with van der Waals surface area (Å²) < 4.78 is 52.4. The van der Waals surface area contributed by atoms with Crippen molar-refractivity contribution in [2.45, 2.75) is 20.0 Å². The quantitative estimate of drug-likeness (QED) is 0.602. The molecule has 9 heteroatoms. The van der Waals surface area contributed by atoms with E-state index in [0.29, 0.717) is 36.1 Å². The molecule has 0 aliphatic rings. The molecule has 0 saturated carbocycles. The van der Waals surface area contributed by atoms with Crippen LogP contribution in [0.3, 0.4) is 0 Å². The summed E-state index contributed by atoms with van der Waals surface area (Å²) in [5.74, 6) is 0.828. The van der Waals surface area contributed by atoms with Crippen LogP contribution < -0.4 is 24.8 Å². The average molecular weight is 412 g/mol. The molecule has 0 spiro atoms. The maximum atomic E-state index is 12.2. The Hall–Kier alpha value is -3.10. The molecule has 0 aliphatic heterocycles. The molecule has 1 amide bonds. The predicted octanol–water partition coefficient (Wildman–Crippen LogP) is 4.48. The van der Waals surface area contributed by atoms with Crippen molar-refractivity contribution in [3.05, 3.63) is 42.5 Å². The van der Waals surface area contributed by atoms with E-state index in [1.807, 2.05) is 13.8 Å². The Balaban J connectivity index is 1.92. The summed E-state index contributed by atoms with van der Waals surface area (Å²) in [6, 6.07) is 11.0. The Kier molecular flexibility index (Phi) is 7.99. The van der Waals surface area contributed by atoms with E-state index in [4.69, 9.17) is 9.47 Å². The SMILES string of the molecule is CCOc1ccc(NC(=O)CNc2cccc(OCC(F)(F)F)c2)cc1OCC. The lowest BCUT2D eigenvalue weighted by Crippen LogP contribution is -2.22. The molecule has 0 bridgehead atoms. The second kappa shape index (κ2) is 10.4. The Morgan fingerprint density at radius 2 is 1.66 bits per heavy atom. The fraction of sp³-hybridized carbons (Fsp3) is 0.350. The summed E-state index contributed by atoms with van der Waals surface area (Å²) >= 11 is 0. The monoisotopic (exact) mass is 412 g/mol. The van der Waals surface area contributed by atoms with Gasteiger partial charge in [-0.25, -0.2) is 0 Å². The van der Waals surface area contributed by atoms with Gasteiger partial charge in [0.2, 0.25) is 5.91 Å². The average Bonchev–Trinajstić information content (AvgIpc) is 2.67. The lowest BCUT2D eigenvalue weighted by molar-refractivity contribution is -0.153. The molecule has 6 nitrogen and oxygen atoms in total. The molecular weight excluding hydrogens is 389 g/mol. The smallest absolute Gasteiger partial charge is 0.422 e. The van der Waals surface area contributed by atoms with E-state index in [2.05, 4.69) is 15.4 Å². The van der Waals surface area contributed by atoms with Gasteiger partial charge < -0.3 is 24.8 Å². The van der Waals surface area contributed by atoms with Crippen LogP contribution >= 0.6 is 0 Å². The van der Waals surface area contributed by atoms with Gasteiger partial charge in [-0.05, 0) is 38.1 Å². The van der Waals surface area contributed by atoms with Gasteiger partial charge in [0, 0.05) is 23.5 Å². The minimum Gasteiger partial charge on any atom is -0.490 e. The zero-order chi connectivity index (χ0) is 21.3. The minimum absolute atomic E-state index is 0.0561. The van der Waals surface area contributed by atoms with Crippen molar-refractivity contribution in [1.29, 1.82) is 0 Å². The molecule has 2 rings (SSSR count). The van der Waals surface area contributed by atoms with Crippen molar-refractivity contribution in [3.63, 3.8) is 0 Å². The van der Waals surface area contributed by atoms with Crippen molar-refractivity contribution < 1.29 is 32.2 Å². The standard InChI is InChI=1S/C20H23F3N2O4/c1-3-27-17-9-8-15(11-18(17)28-4-2)25-19(26)12-24-14-6-5-7-16(10-14)29-13-20(21,22)23/h5-11,24H,3-4,12-13H2,1-2H3,(H,25,26). The number of ether oxygens (including phenoxy) is 3. The second-order valence-electron chi connectivity index (χ2n) is 5.86. The Morgan fingerprint density at radius 1 is 0.931 bits per heavy atom. The zero-order valence-electron chi connectivity index (χ0n) is 16.1. The molecule has 0 fully saturated rings. The summed E-state index contributed by atoms with van der Waals surface area (Å²) in [5, 5.41) is 5.57. The number of hydrogen-bond donors (Lipinski definition) is 2. The molecule has 2 N–H and O–H groups in total. The van der Waals surface area contributed by atoms with Gasteiger partial charge in [0.05, 0.1) is 19.8 Å². The van der Waals surface area contributed by atoms with Gasteiger partial charge in [0.1, 0.15) is 5.75 Å². The number of carbonyl (C=O) groups excluding carboxylic acids is 1. The van der Waals surface area contributed by atoms with E-state index in [1.165, 1.54) is 18.2 Å². The van der Waals surface area contributed by atoms with E-state index in [1.54, 1.807) is 24.3 Å². The highest BCUT2D eigenvalue weighted by molar-refractivity contribution is 5.94. The molecular formula is C20H23F3N2O4. The Labute approximate surface area is 167 Å². The first-order chi connectivity index (χ1) is 13.8. The third kappa shape index (κ3) is 7.81. The van der Waals surface area contributed by atoms with Crippen LogP contribution in [0, 0.1) is 0 Å². The first-order valence-electron chi connectivity index (χ1n) is 9.03. The first-order valence-corrected chi connectivity index (χ1v) is 9.03. The van der Waals surface area contributed by atoms with E-state index < -0.39 is 12.8 Å². The molecule has 2 aromatic rings. The highest BCUT2D eigenvalue weighted by Gasteiger charge is 2.28. The predicted molar refractivity (Wildman–Crippen MR) is 104 cm³/mol. The van der Waals surface area contributed by atoms with E-state index >= 15 is 0 Å². The highest BCUT2D eigenvalue weighted by atomic mass is 19.4. The van der Waals surface area contributed by atoms with Crippen molar-refractivity contribution in [2.24, 2.45) is 0 Å². The molecule has 0 aromatic heterocycles. The van der Waals surface area contributed by atoms with Crippen LogP contribution in [0.25, 0.3) is 0 Å². The van der Waals surface area contributed by atoms with Gasteiger partial charge in [0.15, 0.2) is 18.1 Å². The number of nitrogens with one attached hydrogen (secondary N) is 2. The van der Waals surface area contributed by atoms with Crippen LogP contribution in [0.2, 0.25) is 0 Å². The third-order valence-electron chi connectivity index (χ3n) is 3.52. The number of hydrogen-bond acceptors (Lipinski definition) is 5. The van der Waals surface area contributed by atoms with Crippen molar-refractivity contribution >= 4 is 17.3 Å². The van der Waals surface area contributed by atoms with Crippen molar-refractivity contribution in [1.82, 2.24) is 0 Å². The summed E-state index contributed by atoms with van der Waals surface area (Å²) in [4.78, 5) is 12.2. The zero-order valence-corrected chi connectivity index (χ0v) is 16.1. The summed E-state index contributed by atoms with van der Waals surface area (Å²) in [7, 11) is 0. The molecule has 0 radical (unpaired) electrons. The van der Waals surface area contributed by atoms with Crippen LogP contribution in [0.15, 0.2) is 42.5 Å². The van der Waals surface area contributed by atoms with E-state index in [-0.39, 0.29) is 18.2 Å². The summed E-state index contributed by atoms with van der Waals surface area (Å²) in [6.07, 6.45) is -4.42. The van der Waals surface area contributed by atoms with E-state index in [9.17, 15) is 18.0 Å². The van der Waals surface area contributed by atoms with Crippen LogP contribution in [0.1, 0.15) is 13.8 Å². The first kappa shape index (κ1) is 22.2. The molecule has 0 atom stereocenters. The van der Waals surface area contributed by atoms with Crippen LogP contribution in [0.5, 0.6) is 17.2 Å². The van der Waals surface area contributed by atoms with Gasteiger partial charge in [-0.15, -0.1) is 0 Å². The number of benzene rings is 2. The fourth-order valence-corrected chi connectivity index (χ4v) is 2.38. The molecule has 0 aliphatic carbocycles. The lowest BCUT2D eigenvalue weighted by atomic mass is 10.2. The lowest BCUT2D eigenvalue weighted by Gasteiger charge is -2.14. The molecule has 158 valence electrons. The Bertz CT molecular complexity index is 813. The van der Waals surface area contributed by atoms with Gasteiger partial charge in [-0.1, -0.05) is 6.07 Å². The minimum atomic E-state index is -4.42. The number of anilines is 2. The Morgan fingerprint density at radius 3 is 2.34 bits per heavy atom. The molecule has 0 unspecified atom stereocenters. The second-order valence-corrected chi connectivity index (χ2v) is 5.86. The topological polar surface area (TPSA) is 68.8 Å². The number of rotatable bonds is 10. The number of alkyl halides is 3. The van der Waals surface area contributed by atoms with Crippen molar-refractivity contribution in [3.8, 4) is 17.2 Å². The third-order valence-corrected chi connectivity index (χ3v) is 3.52. The maximum Gasteiger partial charge on any atom is 0.422 e. The summed E-state index contributed by atoms with van der Waals surface area (Å²) in [6.45, 7) is 3.18. The van der Waals surface area contributed by atoms with Gasteiger partial charge >= 0.3 is 6.18 Å². The van der Waals surface area contributed by atoms with Crippen molar-refractivity contribution in [2.75, 3.05) is 37.0 Å². The summed E-state index contributed by atoms with van der Waals surface area (Å²) in [5.41, 5.74) is 0.993. The highest BCUT2D eigenvalue weighted by Crippen LogP contribution is 2.30. The van der Waals surface area contributed by atoms with Gasteiger partial charge in [-0.3, -0.25) is 4.79 Å². The maximum absolute atomic E-state index is 12.2. The molecule has 0 heterocycles. The largest absolute Gasteiger partial charge is 0.490 e.